The zero-order chi connectivity index (χ0) is 13.3. The molecule has 0 aromatic rings. The Morgan fingerprint density at radius 3 is 2.61 bits per heavy atom. The van der Waals surface area contributed by atoms with Crippen LogP contribution in [0.3, 0.4) is 0 Å². The fourth-order valence-electron chi connectivity index (χ4n) is 3.77. The number of hydrogen-bond donors (Lipinski definition) is 1. The fraction of sp³-hybridized carbons (Fsp3) is 1.00. The molecule has 0 spiro atoms. The van der Waals surface area contributed by atoms with Crippen molar-refractivity contribution in [1.29, 1.82) is 0 Å². The molecule has 0 amide bonds. The zero-order valence-corrected chi connectivity index (χ0v) is 12.5. The van der Waals surface area contributed by atoms with Gasteiger partial charge in [0.15, 0.2) is 0 Å². The minimum absolute atomic E-state index is 0.167. The van der Waals surface area contributed by atoms with Crippen molar-refractivity contribution in [3.05, 3.63) is 0 Å². The summed E-state index contributed by atoms with van der Waals surface area (Å²) in [5.74, 6) is 2.20. The van der Waals surface area contributed by atoms with Crippen LogP contribution in [0.4, 0.5) is 0 Å². The van der Waals surface area contributed by atoms with Crippen molar-refractivity contribution in [1.82, 2.24) is 4.90 Å². The Morgan fingerprint density at radius 1 is 1.28 bits per heavy atom. The Balaban J connectivity index is 1.99. The smallest absolute Gasteiger partial charge is 0.0645 e. The van der Waals surface area contributed by atoms with Gasteiger partial charge in [0.25, 0.3) is 0 Å². The molecule has 2 rings (SSSR count). The number of ether oxygens (including phenoxy) is 1. The molecule has 0 aromatic heterocycles. The lowest BCUT2D eigenvalue weighted by atomic mass is 9.72. The molecule has 1 aliphatic carbocycles. The maximum atomic E-state index is 6.41. The van der Waals surface area contributed by atoms with Gasteiger partial charge in [-0.1, -0.05) is 13.8 Å². The van der Waals surface area contributed by atoms with Crippen molar-refractivity contribution in [3.63, 3.8) is 0 Å². The molecule has 0 aromatic carbocycles. The highest BCUT2D eigenvalue weighted by atomic mass is 16.5. The molecule has 2 N–H and O–H groups in total. The standard InChI is InChI=1S/C15H30N2O/c1-11-7-12(2)13(14(16)8-11)9-17-5-6-18-10-15(17,3)4/h11-14H,5-10,16H2,1-4H3. The molecule has 0 radical (unpaired) electrons. The van der Waals surface area contributed by atoms with E-state index in [0.29, 0.717) is 12.0 Å². The normalized spacial score (nSPS) is 41.8. The van der Waals surface area contributed by atoms with Crippen LogP contribution >= 0.6 is 0 Å². The summed E-state index contributed by atoms with van der Waals surface area (Å²) in [6.45, 7) is 13.2. The maximum Gasteiger partial charge on any atom is 0.0645 e. The second kappa shape index (κ2) is 5.48. The molecule has 2 fully saturated rings. The van der Waals surface area contributed by atoms with Crippen LogP contribution in [0.1, 0.15) is 40.5 Å². The number of rotatable bonds is 2. The largest absolute Gasteiger partial charge is 0.378 e. The molecule has 18 heavy (non-hydrogen) atoms. The average Bonchev–Trinajstić information content (AvgIpc) is 2.24. The SMILES string of the molecule is CC1CC(C)C(CN2CCOCC2(C)C)C(N)C1. The Hall–Kier alpha value is -0.120. The summed E-state index contributed by atoms with van der Waals surface area (Å²) in [6, 6.07) is 0.377. The van der Waals surface area contributed by atoms with E-state index in [2.05, 4.69) is 32.6 Å². The van der Waals surface area contributed by atoms with Gasteiger partial charge in [-0.15, -0.1) is 0 Å². The van der Waals surface area contributed by atoms with Gasteiger partial charge in [0.2, 0.25) is 0 Å². The summed E-state index contributed by atoms with van der Waals surface area (Å²) in [4.78, 5) is 2.59. The summed E-state index contributed by atoms with van der Waals surface area (Å²) >= 11 is 0. The number of nitrogens with zero attached hydrogens (tertiary/aromatic N) is 1. The van der Waals surface area contributed by atoms with Gasteiger partial charge in [0.1, 0.15) is 0 Å². The molecular weight excluding hydrogens is 224 g/mol. The van der Waals surface area contributed by atoms with E-state index in [1.807, 2.05) is 0 Å². The molecule has 3 nitrogen and oxygen atoms in total. The third kappa shape index (κ3) is 3.06. The molecule has 1 saturated carbocycles. The van der Waals surface area contributed by atoms with Gasteiger partial charge in [0.05, 0.1) is 13.2 Å². The third-order valence-corrected chi connectivity index (χ3v) is 4.98. The van der Waals surface area contributed by atoms with Crippen LogP contribution in [0.5, 0.6) is 0 Å². The van der Waals surface area contributed by atoms with Gasteiger partial charge in [-0.3, -0.25) is 4.90 Å². The van der Waals surface area contributed by atoms with Crippen LogP contribution in [0.2, 0.25) is 0 Å². The molecule has 4 atom stereocenters. The van der Waals surface area contributed by atoms with E-state index in [9.17, 15) is 0 Å². The van der Waals surface area contributed by atoms with E-state index in [1.165, 1.54) is 12.8 Å². The quantitative estimate of drug-likeness (QED) is 0.820. The van der Waals surface area contributed by atoms with Crippen LogP contribution in [-0.2, 0) is 4.74 Å². The molecule has 3 heteroatoms. The van der Waals surface area contributed by atoms with Crippen molar-refractivity contribution in [2.45, 2.75) is 52.1 Å². The van der Waals surface area contributed by atoms with Crippen molar-refractivity contribution >= 4 is 0 Å². The first kappa shape index (κ1) is 14.3. The van der Waals surface area contributed by atoms with Gasteiger partial charge in [0, 0.05) is 24.7 Å². The van der Waals surface area contributed by atoms with E-state index in [-0.39, 0.29) is 5.54 Å². The molecule has 4 unspecified atom stereocenters. The second-order valence-electron chi connectivity index (χ2n) is 7.19. The molecule has 0 bridgehead atoms. The second-order valence-corrected chi connectivity index (χ2v) is 7.19. The third-order valence-electron chi connectivity index (χ3n) is 4.98. The highest BCUT2D eigenvalue weighted by Crippen LogP contribution is 2.34. The Bertz CT molecular complexity index is 268. The first-order valence-electron chi connectivity index (χ1n) is 7.48. The van der Waals surface area contributed by atoms with Crippen LogP contribution in [0, 0.1) is 17.8 Å². The van der Waals surface area contributed by atoms with E-state index in [4.69, 9.17) is 10.5 Å². The van der Waals surface area contributed by atoms with Crippen molar-refractivity contribution in [2.75, 3.05) is 26.3 Å². The summed E-state index contributed by atoms with van der Waals surface area (Å²) in [5, 5.41) is 0. The minimum Gasteiger partial charge on any atom is -0.378 e. The first-order chi connectivity index (χ1) is 8.40. The summed E-state index contributed by atoms with van der Waals surface area (Å²) in [6.07, 6.45) is 2.53. The van der Waals surface area contributed by atoms with Crippen LogP contribution in [0.25, 0.3) is 0 Å². The van der Waals surface area contributed by atoms with Crippen LogP contribution in [0.15, 0.2) is 0 Å². The van der Waals surface area contributed by atoms with E-state index >= 15 is 0 Å². The van der Waals surface area contributed by atoms with Gasteiger partial charge in [-0.25, -0.2) is 0 Å². The van der Waals surface area contributed by atoms with Gasteiger partial charge in [-0.2, -0.15) is 0 Å². The molecule has 1 aliphatic heterocycles. The lowest BCUT2D eigenvalue weighted by Crippen LogP contribution is -2.57. The highest BCUT2D eigenvalue weighted by molar-refractivity contribution is 4.92. The van der Waals surface area contributed by atoms with E-state index in [1.54, 1.807) is 0 Å². The van der Waals surface area contributed by atoms with Crippen molar-refractivity contribution in [2.24, 2.45) is 23.5 Å². The zero-order valence-electron chi connectivity index (χ0n) is 12.5. The lowest BCUT2D eigenvalue weighted by Gasteiger charge is -2.47. The van der Waals surface area contributed by atoms with Crippen molar-refractivity contribution < 1.29 is 4.74 Å². The van der Waals surface area contributed by atoms with Gasteiger partial charge >= 0.3 is 0 Å². The van der Waals surface area contributed by atoms with Crippen molar-refractivity contribution in [3.8, 4) is 0 Å². The highest BCUT2D eigenvalue weighted by Gasteiger charge is 2.37. The molecule has 106 valence electrons. The topological polar surface area (TPSA) is 38.5 Å². The first-order valence-corrected chi connectivity index (χ1v) is 7.48. The summed E-state index contributed by atoms with van der Waals surface area (Å²) in [5.41, 5.74) is 6.58. The molecule has 1 heterocycles. The maximum absolute atomic E-state index is 6.41. The molecular formula is C15H30N2O. The Labute approximate surface area is 112 Å². The number of hydrogen-bond acceptors (Lipinski definition) is 3. The van der Waals surface area contributed by atoms with Crippen LogP contribution in [-0.4, -0.2) is 42.8 Å². The predicted molar refractivity (Wildman–Crippen MR) is 75.5 cm³/mol. The molecule has 1 saturated heterocycles. The molecule has 2 aliphatic rings. The number of nitrogens with two attached hydrogens (primary N) is 1. The minimum atomic E-state index is 0.167. The average molecular weight is 254 g/mol. The van der Waals surface area contributed by atoms with E-state index < -0.39 is 0 Å². The van der Waals surface area contributed by atoms with E-state index in [0.717, 1.165) is 38.1 Å². The Morgan fingerprint density at radius 2 is 2.00 bits per heavy atom. The summed E-state index contributed by atoms with van der Waals surface area (Å²) < 4.78 is 5.60. The number of morpholine rings is 1. The summed E-state index contributed by atoms with van der Waals surface area (Å²) in [7, 11) is 0. The Kier molecular flexibility index (Phi) is 4.35. The predicted octanol–water partition coefficient (Wildman–Crippen LogP) is 2.11. The monoisotopic (exact) mass is 254 g/mol. The van der Waals surface area contributed by atoms with Crippen LogP contribution < -0.4 is 5.73 Å². The lowest BCUT2D eigenvalue weighted by molar-refractivity contribution is -0.0650. The fourth-order valence-corrected chi connectivity index (χ4v) is 3.77. The van der Waals surface area contributed by atoms with Gasteiger partial charge < -0.3 is 10.5 Å². The van der Waals surface area contributed by atoms with Gasteiger partial charge in [-0.05, 0) is 44.4 Å².